The summed E-state index contributed by atoms with van der Waals surface area (Å²) >= 11 is -2.06. The van der Waals surface area contributed by atoms with Crippen molar-refractivity contribution >= 4 is 39.5 Å². The number of rotatable bonds is 6. The Hall–Kier alpha value is -3.49. The Morgan fingerprint density at radius 2 is 1.77 bits per heavy atom. The smallest absolute Gasteiger partial charge is 0.261 e. The Morgan fingerprint density at radius 3 is 2.43 bits per heavy atom. The zero-order chi connectivity index (χ0) is 21.1. The fourth-order valence-electron chi connectivity index (χ4n) is 3.09. The first kappa shape index (κ1) is 19.8. The lowest BCUT2D eigenvalue weighted by Crippen LogP contribution is -2.18. The number of ether oxygens (including phenoxy) is 1. The molecule has 0 spiro atoms. The maximum absolute atomic E-state index is 11.2. The Labute approximate surface area is 176 Å². The minimum atomic E-state index is -2.06. The van der Waals surface area contributed by atoms with Crippen LogP contribution in [0.4, 0.5) is 17.3 Å². The van der Waals surface area contributed by atoms with E-state index < -0.39 is 11.3 Å². The van der Waals surface area contributed by atoms with E-state index in [1.165, 1.54) is 4.31 Å². The topological polar surface area (TPSA) is 87.6 Å². The first-order chi connectivity index (χ1) is 14.5. The van der Waals surface area contributed by atoms with Crippen LogP contribution in [-0.4, -0.2) is 32.9 Å². The van der Waals surface area contributed by atoms with Crippen LogP contribution in [0.5, 0.6) is 5.75 Å². The van der Waals surface area contributed by atoms with Gasteiger partial charge in [0.15, 0.2) is 0 Å². The van der Waals surface area contributed by atoms with E-state index in [9.17, 15) is 8.76 Å². The number of anilines is 3. The number of benzene rings is 3. The second-order valence-electron chi connectivity index (χ2n) is 6.57. The molecule has 8 heteroatoms. The van der Waals surface area contributed by atoms with E-state index >= 15 is 0 Å². The lowest BCUT2D eigenvalue weighted by molar-refractivity contribution is 0.415. The number of nitrogens with zero attached hydrogens (tertiary/aromatic N) is 3. The third kappa shape index (κ3) is 4.10. The molecule has 2 N–H and O–H groups in total. The average molecular weight is 420 g/mol. The third-order valence-corrected chi connectivity index (χ3v) is 5.41. The Bertz CT molecular complexity index is 1200. The van der Waals surface area contributed by atoms with Crippen molar-refractivity contribution in [1.82, 2.24) is 9.97 Å². The molecule has 0 aliphatic heterocycles. The van der Waals surface area contributed by atoms with Gasteiger partial charge in [0, 0.05) is 29.9 Å². The molecule has 152 valence electrons. The molecular weight excluding hydrogens is 400 g/mol. The van der Waals surface area contributed by atoms with Gasteiger partial charge in [-0.2, -0.15) is 0 Å². The molecule has 0 bridgehead atoms. The molecule has 1 unspecified atom stereocenters. The molecule has 0 aliphatic rings. The van der Waals surface area contributed by atoms with Crippen molar-refractivity contribution < 1.29 is 13.5 Å². The SMILES string of the molecule is COc1ccc(-c2cccc3cnc(Nc4ccc(N(C)S(=O)O)cc4)nc23)cc1. The van der Waals surface area contributed by atoms with E-state index in [0.29, 0.717) is 11.6 Å². The van der Waals surface area contributed by atoms with Gasteiger partial charge in [-0.3, -0.25) is 8.86 Å². The van der Waals surface area contributed by atoms with Crippen molar-refractivity contribution in [3.05, 3.63) is 72.9 Å². The maximum atomic E-state index is 11.2. The summed E-state index contributed by atoms with van der Waals surface area (Å²) in [5.74, 6) is 1.27. The third-order valence-electron chi connectivity index (χ3n) is 4.73. The molecule has 1 aromatic heterocycles. The molecule has 7 nitrogen and oxygen atoms in total. The molecule has 1 heterocycles. The van der Waals surface area contributed by atoms with E-state index in [4.69, 9.17) is 9.72 Å². The lowest BCUT2D eigenvalue weighted by atomic mass is 10.0. The van der Waals surface area contributed by atoms with Crippen LogP contribution < -0.4 is 14.4 Å². The Balaban J connectivity index is 1.65. The summed E-state index contributed by atoms with van der Waals surface area (Å²) in [7, 11) is 3.19. The minimum Gasteiger partial charge on any atom is -0.497 e. The quantitative estimate of drug-likeness (QED) is 0.443. The molecular formula is C22H20N4O3S. The number of methoxy groups -OCH3 is 1. The van der Waals surface area contributed by atoms with Crippen LogP contribution in [0.15, 0.2) is 72.9 Å². The van der Waals surface area contributed by atoms with Gasteiger partial charge in [-0.15, -0.1) is 0 Å². The molecule has 4 aromatic rings. The Morgan fingerprint density at radius 1 is 1.03 bits per heavy atom. The van der Waals surface area contributed by atoms with E-state index in [1.807, 2.05) is 54.6 Å². The fraction of sp³-hybridized carbons (Fsp3) is 0.0909. The maximum Gasteiger partial charge on any atom is 0.261 e. The summed E-state index contributed by atoms with van der Waals surface area (Å²) in [6.07, 6.45) is 1.79. The predicted octanol–water partition coefficient (Wildman–Crippen LogP) is 4.62. The number of hydrogen-bond acceptors (Lipinski definition) is 5. The predicted molar refractivity (Wildman–Crippen MR) is 120 cm³/mol. The molecule has 0 amide bonds. The number of para-hydroxylation sites is 1. The van der Waals surface area contributed by atoms with Crippen molar-refractivity contribution in [2.24, 2.45) is 0 Å². The number of nitrogens with one attached hydrogen (secondary N) is 1. The summed E-state index contributed by atoms with van der Waals surface area (Å²) in [6.45, 7) is 0. The number of aromatic nitrogens is 2. The van der Waals surface area contributed by atoms with Crippen LogP contribution in [0, 0.1) is 0 Å². The van der Waals surface area contributed by atoms with Gasteiger partial charge in [-0.05, 0) is 42.0 Å². The van der Waals surface area contributed by atoms with Crippen molar-refractivity contribution in [2.45, 2.75) is 0 Å². The summed E-state index contributed by atoms with van der Waals surface area (Å²) in [4.78, 5) is 9.13. The van der Waals surface area contributed by atoms with Gasteiger partial charge in [0.1, 0.15) is 5.75 Å². The van der Waals surface area contributed by atoms with Crippen LogP contribution >= 0.6 is 0 Å². The summed E-state index contributed by atoms with van der Waals surface area (Å²) in [5.41, 5.74) is 4.28. The molecule has 3 aromatic carbocycles. The molecule has 0 saturated carbocycles. The fourth-order valence-corrected chi connectivity index (χ4v) is 3.40. The highest BCUT2D eigenvalue weighted by Crippen LogP contribution is 2.29. The first-order valence-corrected chi connectivity index (χ1v) is 10.2. The standard InChI is InChI=1S/C22H20N4O3S/c1-26(30(27)28)18-10-8-17(9-11-18)24-22-23-14-16-4-3-5-20(21(16)25-22)15-6-12-19(29-2)13-7-15/h3-14H,1-2H3,(H,27,28)(H,23,24,25). The summed E-state index contributed by atoms with van der Waals surface area (Å²) < 4.78 is 26.9. The van der Waals surface area contributed by atoms with Crippen LogP contribution in [0.2, 0.25) is 0 Å². The highest BCUT2D eigenvalue weighted by Gasteiger charge is 2.09. The van der Waals surface area contributed by atoms with Gasteiger partial charge in [0.05, 0.1) is 18.3 Å². The monoisotopic (exact) mass is 420 g/mol. The van der Waals surface area contributed by atoms with Gasteiger partial charge in [0.25, 0.3) is 11.3 Å². The van der Waals surface area contributed by atoms with Crippen molar-refractivity contribution in [3.63, 3.8) is 0 Å². The number of hydrogen-bond donors (Lipinski definition) is 2. The molecule has 1 atom stereocenters. The van der Waals surface area contributed by atoms with Crippen molar-refractivity contribution in [3.8, 4) is 16.9 Å². The normalized spacial score (nSPS) is 11.8. The Kier molecular flexibility index (Phi) is 5.60. The van der Waals surface area contributed by atoms with E-state index in [2.05, 4.69) is 10.3 Å². The minimum absolute atomic E-state index is 0.468. The molecule has 30 heavy (non-hydrogen) atoms. The zero-order valence-corrected chi connectivity index (χ0v) is 17.3. The zero-order valence-electron chi connectivity index (χ0n) is 16.4. The first-order valence-electron chi connectivity index (χ1n) is 9.17. The van der Waals surface area contributed by atoms with Gasteiger partial charge in [-0.25, -0.2) is 14.2 Å². The highest BCUT2D eigenvalue weighted by molar-refractivity contribution is 7.80. The van der Waals surface area contributed by atoms with Crippen LogP contribution in [0.3, 0.4) is 0 Å². The van der Waals surface area contributed by atoms with Gasteiger partial charge >= 0.3 is 0 Å². The second-order valence-corrected chi connectivity index (χ2v) is 7.57. The van der Waals surface area contributed by atoms with Gasteiger partial charge < -0.3 is 10.1 Å². The highest BCUT2D eigenvalue weighted by atomic mass is 32.2. The van der Waals surface area contributed by atoms with E-state index in [0.717, 1.165) is 33.5 Å². The largest absolute Gasteiger partial charge is 0.497 e. The average Bonchev–Trinajstić information content (AvgIpc) is 2.78. The van der Waals surface area contributed by atoms with Gasteiger partial charge in [0.2, 0.25) is 5.95 Å². The van der Waals surface area contributed by atoms with Crippen molar-refractivity contribution in [1.29, 1.82) is 0 Å². The van der Waals surface area contributed by atoms with Crippen molar-refractivity contribution in [2.75, 3.05) is 23.8 Å². The van der Waals surface area contributed by atoms with E-state index in [1.54, 1.807) is 32.5 Å². The molecule has 0 saturated heterocycles. The van der Waals surface area contributed by atoms with Crippen LogP contribution in [-0.2, 0) is 11.3 Å². The molecule has 4 rings (SSSR count). The molecule has 0 fully saturated rings. The van der Waals surface area contributed by atoms with Gasteiger partial charge in [-0.1, -0.05) is 30.3 Å². The second kappa shape index (κ2) is 8.48. The van der Waals surface area contributed by atoms with Crippen LogP contribution in [0.1, 0.15) is 0 Å². The number of fused-ring (bicyclic) bond motifs is 1. The summed E-state index contributed by atoms with van der Waals surface area (Å²) in [5, 5.41) is 4.13. The van der Waals surface area contributed by atoms with E-state index in [-0.39, 0.29) is 0 Å². The lowest BCUT2D eigenvalue weighted by Gasteiger charge is -2.14. The summed E-state index contributed by atoms with van der Waals surface area (Å²) in [6, 6.07) is 21.0. The molecule has 0 aliphatic carbocycles. The van der Waals surface area contributed by atoms with Crippen LogP contribution in [0.25, 0.3) is 22.0 Å². The molecule has 0 radical (unpaired) electrons.